The van der Waals surface area contributed by atoms with Gasteiger partial charge in [-0.3, -0.25) is 19.6 Å². The van der Waals surface area contributed by atoms with Crippen LogP contribution in [0.1, 0.15) is 0 Å². The van der Waals surface area contributed by atoms with E-state index < -0.39 is 15.8 Å². The summed E-state index contributed by atoms with van der Waals surface area (Å²) in [6.07, 6.45) is 0. The summed E-state index contributed by atoms with van der Waals surface area (Å²) in [7, 11) is -10.3. The monoisotopic (exact) mass is 272 g/mol. The number of halogens is 2. The van der Waals surface area contributed by atoms with E-state index in [1.807, 2.05) is 0 Å². The second-order valence-corrected chi connectivity index (χ2v) is 2.84. The molecule has 0 saturated heterocycles. The van der Waals surface area contributed by atoms with Gasteiger partial charge >= 0.3 is 53.6 Å². The van der Waals surface area contributed by atoms with Crippen LogP contribution in [0, 0.1) is 0 Å². The normalized spacial score (nSPS) is 9.83. The quantitative estimate of drug-likeness (QED) is 0.299. The second kappa shape index (κ2) is 9.51. The molecule has 0 radical (unpaired) electrons. The molecule has 0 fully saturated rings. The summed E-state index contributed by atoms with van der Waals surface area (Å²) in [5, 5.41) is 0. The average Bonchev–Trinajstić information content (AvgIpc) is 1.12. The van der Waals surface area contributed by atoms with E-state index in [1.54, 1.807) is 0 Å². The molecule has 0 saturated carbocycles. The molecule has 0 rings (SSSR count). The molecule has 0 atom stereocenters. The Balaban J connectivity index is -0.0000000457. The maximum absolute atomic E-state index is 10.4. The van der Waals surface area contributed by atoms with Crippen LogP contribution in [0.25, 0.3) is 0 Å². The third-order valence-electron chi connectivity index (χ3n) is 0. The van der Waals surface area contributed by atoms with Crippen LogP contribution in [0.2, 0.25) is 0 Å². The standard InChI is InChI=1S/Al.Ca.2FH2O3P.5H/c;;2*1-5(2,3)4;;;;;/h;;2*(H2,2,3,4);;;;;. The van der Waals surface area contributed by atoms with Gasteiger partial charge in [-0.2, -0.15) is 0 Å². The molecule has 12 heavy (non-hydrogen) atoms. The van der Waals surface area contributed by atoms with Gasteiger partial charge in [-0.05, 0) is 0 Å². The van der Waals surface area contributed by atoms with Crippen molar-refractivity contribution in [1.82, 2.24) is 0 Å². The molecule has 0 aliphatic carbocycles. The Bertz CT molecular complexity index is 136. The van der Waals surface area contributed by atoms with Crippen molar-refractivity contribution in [2.24, 2.45) is 0 Å². The van der Waals surface area contributed by atoms with E-state index in [0.717, 1.165) is 0 Å². The SMILES string of the molecule is O=P(O)(O)F.O=P(O)(O)F.[AlH3].[CaH2]. The van der Waals surface area contributed by atoms with E-state index in [1.165, 1.54) is 0 Å². The number of hydrogen-bond acceptors (Lipinski definition) is 2. The van der Waals surface area contributed by atoms with Crippen LogP contribution < -0.4 is 0 Å². The van der Waals surface area contributed by atoms with Crippen LogP contribution in [0.3, 0.4) is 0 Å². The van der Waals surface area contributed by atoms with Crippen LogP contribution >= 0.6 is 15.8 Å². The van der Waals surface area contributed by atoms with Crippen LogP contribution in [-0.4, -0.2) is 74.7 Å². The van der Waals surface area contributed by atoms with Gasteiger partial charge in [0.2, 0.25) is 0 Å². The minimum absolute atomic E-state index is 0. The Morgan fingerprint density at radius 1 is 0.833 bits per heavy atom. The van der Waals surface area contributed by atoms with Gasteiger partial charge in [-0.25, -0.2) is 9.13 Å². The van der Waals surface area contributed by atoms with Crippen molar-refractivity contribution in [3.8, 4) is 0 Å². The Kier molecular flexibility index (Phi) is 18.7. The molecule has 6 nitrogen and oxygen atoms in total. The summed E-state index contributed by atoms with van der Waals surface area (Å²) in [6, 6.07) is 0. The van der Waals surface area contributed by atoms with Crippen molar-refractivity contribution in [1.29, 1.82) is 0 Å². The van der Waals surface area contributed by atoms with Crippen LogP contribution in [0.15, 0.2) is 0 Å². The van der Waals surface area contributed by atoms with Gasteiger partial charge in [-0.15, -0.1) is 8.39 Å². The number of hydrogen-bond donors (Lipinski definition) is 4. The van der Waals surface area contributed by atoms with Crippen molar-refractivity contribution in [3.63, 3.8) is 0 Å². The topological polar surface area (TPSA) is 115 Å². The molecule has 0 unspecified atom stereocenters. The van der Waals surface area contributed by atoms with Gasteiger partial charge in [0.1, 0.15) is 0 Å². The molecular formula is H9AlCaF2O6P2. The molecule has 4 N–H and O–H groups in total. The second-order valence-electron chi connectivity index (χ2n) is 0.946. The first kappa shape index (κ1) is 23.6. The molecule has 0 aliphatic heterocycles. The first-order chi connectivity index (χ1) is 4.00. The van der Waals surface area contributed by atoms with Gasteiger partial charge in [0.15, 0.2) is 17.4 Å². The molecule has 0 aromatic rings. The Morgan fingerprint density at radius 2 is 0.833 bits per heavy atom. The Labute approximate surface area is 107 Å². The molecule has 0 heterocycles. The first-order valence-electron chi connectivity index (χ1n) is 1.50. The molecule has 0 amide bonds. The van der Waals surface area contributed by atoms with E-state index in [9.17, 15) is 8.39 Å². The van der Waals surface area contributed by atoms with E-state index in [4.69, 9.17) is 28.7 Å². The zero-order chi connectivity index (χ0) is 9.00. The fourth-order valence-electron chi connectivity index (χ4n) is 0. The van der Waals surface area contributed by atoms with Crippen molar-refractivity contribution < 1.29 is 37.1 Å². The summed E-state index contributed by atoms with van der Waals surface area (Å²) < 4.78 is 38.0. The molecule has 74 valence electrons. The van der Waals surface area contributed by atoms with E-state index in [0.29, 0.717) is 0 Å². The molecule has 12 heteroatoms. The van der Waals surface area contributed by atoms with Gasteiger partial charge in [0, 0.05) is 0 Å². The maximum atomic E-state index is 10.4. The molecule has 0 aromatic carbocycles. The van der Waals surface area contributed by atoms with Crippen molar-refractivity contribution in [3.05, 3.63) is 0 Å². The van der Waals surface area contributed by atoms with Crippen molar-refractivity contribution in [2.75, 3.05) is 0 Å². The van der Waals surface area contributed by atoms with Gasteiger partial charge < -0.3 is 0 Å². The Morgan fingerprint density at radius 3 is 0.833 bits per heavy atom. The predicted molar refractivity (Wildman–Crippen MR) is 44.8 cm³/mol. The summed E-state index contributed by atoms with van der Waals surface area (Å²) >= 11 is 0. The van der Waals surface area contributed by atoms with Crippen LogP contribution in [0.4, 0.5) is 8.39 Å². The Hall–Kier alpha value is 1.95. The van der Waals surface area contributed by atoms with Crippen LogP contribution in [-0.2, 0) is 9.13 Å². The summed E-state index contributed by atoms with van der Waals surface area (Å²) in [4.78, 5) is 27.9. The van der Waals surface area contributed by atoms with Crippen LogP contribution in [0.5, 0.6) is 0 Å². The fourth-order valence-corrected chi connectivity index (χ4v) is 0. The summed E-state index contributed by atoms with van der Waals surface area (Å²) in [5.41, 5.74) is 0. The predicted octanol–water partition coefficient (Wildman–Crippen LogP) is -2.00. The zero-order valence-corrected chi connectivity index (χ0v) is 6.04. The van der Waals surface area contributed by atoms with E-state index in [2.05, 4.69) is 0 Å². The fraction of sp³-hybridized carbons (Fsp3) is 0. The summed E-state index contributed by atoms with van der Waals surface area (Å²) in [6.45, 7) is 0. The molecule has 0 bridgehead atoms. The number of rotatable bonds is 0. The minimum atomic E-state index is -5.14. The summed E-state index contributed by atoms with van der Waals surface area (Å²) in [5.74, 6) is 0. The van der Waals surface area contributed by atoms with E-state index >= 15 is 0 Å². The third-order valence-corrected chi connectivity index (χ3v) is 0. The third kappa shape index (κ3) is 376. The molecular weight excluding hydrogens is 263 g/mol. The zero-order valence-electron chi connectivity index (χ0n) is 4.26. The molecule has 0 spiro atoms. The first-order valence-corrected chi connectivity index (χ1v) is 4.51. The van der Waals surface area contributed by atoms with Crippen molar-refractivity contribution >= 4 is 70.9 Å². The average molecular weight is 272 g/mol. The van der Waals surface area contributed by atoms with Gasteiger partial charge in [0.25, 0.3) is 0 Å². The van der Waals surface area contributed by atoms with E-state index in [-0.39, 0.29) is 55.1 Å². The molecule has 0 aliphatic rings. The van der Waals surface area contributed by atoms with Crippen molar-refractivity contribution in [2.45, 2.75) is 0 Å². The van der Waals surface area contributed by atoms with Gasteiger partial charge in [0.05, 0.1) is 0 Å². The molecule has 0 aromatic heterocycles. The van der Waals surface area contributed by atoms with Gasteiger partial charge in [-0.1, -0.05) is 0 Å².